The maximum Gasteiger partial charge on any atom is 0.339 e. The van der Waals surface area contributed by atoms with E-state index in [9.17, 15) is 14.4 Å². The first-order chi connectivity index (χ1) is 13.3. The second-order valence-electron chi connectivity index (χ2n) is 6.42. The zero-order chi connectivity index (χ0) is 20.4. The Morgan fingerprint density at radius 3 is 2.68 bits per heavy atom. The number of carboxylic acids is 1. The third-order valence-corrected chi connectivity index (χ3v) is 4.51. The topological polar surface area (TPSA) is 112 Å². The molecule has 0 spiro atoms. The highest BCUT2D eigenvalue weighted by Gasteiger charge is 2.26. The minimum absolute atomic E-state index is 0.0719. The SMILES string of the molecule is COc1ccc(C(=O)N(C)Cc2cc(C(=O)O)c(C)o2)cc1N1CCNC1=O. The Morgan fingerprint density at radius 1 is 1.36 bits per heavy atom. The van der Waals surface area contributed by atoms with Crippen LogP contribution in [0.25, 0.3) is 0 Å². The molecule has 1 aliphatic rings. The van der Waals surface area contributed by atoms with Crippen LogP contribution in [-0.4, -0.2) is 55.2 Å². The van der Waals surface area contributed by atoms with Gasteiger partial charge in [-0.2, -0.15) is 0 Å². The molecule has 1 aromatic carbocycles. The zero-order valence-electron chi connectivity index (χ0n) is 15.8. The highest BCUT2D eigenvalue weighted by Crippen LogP contribution is 2.31. The van der Waals surface area contributed by atoms with Crippen molar-refractivity contribution in [1.29, 1.82) is 0 Å². The van der Waals surface area contributed by atoms with Gasteiger partial charge < -0.3 is 24.5 Å². The molecule has 148 valence electrons. The van der Waals surface area contributed by atoms with Gasteiger partial charge in [0.05, 0.1) is 19.3 Å². The van der Waals surface area contributed by atoms with Crippen molar-refractivity contribution in [2.24, 2.45) is 0 Å². The summed E-state index contributed by atoms with van der Waals surface area (Å²) in [6.07, 6.45) is 0. The molecule has 2 aromatic rings. The number of hydrogen-bond donors (Lipinski definition) is 2. The number of aryl methyl sites for hydroxylation is 1. The summed E-state index contributed by atoms with van der Waals surface area (Å²) in [6, 6.07) is 6.03. The summed E-state index contributed by atoms with van der Waals surface area (Å²) < 4.78 is 10.8. The Morgan fingerprint density at radius 2 is 2.11 bits per heavy atom. The van der Waals surface area contributed by atoms with Crippen LogP contribution < -0.4 is 15.0 Å². The van der Waals surface area contributed by atoms with E-state index in [1.54, 1.807) is 32.2 Å². The highest BCUT2D eigenvalue weighted by atomic mass is 16.5. The largest absolute Gasteiger partial charge is 0.495 e. The minimum atomic E-state index is -1.08. The lowest BCUT2D eigenvalue weighted by Crippen LogP contribution is -2.29. The number of methoxy groups -OCH3 is 1. The average molecular weight is 387 g/mol. The highest BCUT2D eigenvalue weighted by molar-refractivity contribution is 5.99. The summed E-state index contributed by atoms with van der Waals surface area (Å²) in [5, 5.41) is 11.8. The standard InChI is InChI=1S/C19H21N3O6/c1-11-14(18(24)25)9-13(28-11)10-21(2)17(23)12-4-5-16(27-3)15(8-12)22-7-6-20-19(22)26/h4-5,8-9H,6-7,10H2,1-3H3,(H,20,26)(H,24,25). The van der Waals surface area contributed by atoms with E-state index in [4.69, 9.17) is 14.3 Å². The van der Waals surface area contributed by atoms with E-state index in [1.807, 2.05) is 0 Å². The van der Waals surface area contributed by atoms with Gasteiger partial charge in [-0.05, 0) is 31.2 Å². The number of hydrogen-bond acceptors (Lipinski definition) is 5. The fraction of sp³-hybridized carbons (Fsp3) is 0.316. The lowest BCUT2D eigenvalue weighted by Gasteiger charge is -2.20. The lowest BCUT2D eigenvalue weighted by molar-refractivity contribution is 0.0694. The van der Waals surface area contributed by atoms with Crippen molar-refractivity contribution in [3.63, 3.8) is 0 Å². The summed E-state index contributed by atoms with van der Waals surface area (Å²) in [6.45, 7) is 2.67. The maximum atomic E-state index is 12.8. The first-order valence-electron chi connectivity index (χ1n) is 8.63. The number of nitrogens with zero attached hydrogens (tertiary/aromatic N) is 2. The van der Waals surface area contributed by atoms with Crippen LogP contribution in [0.4, 0.5) is 10.5 Å². The van der Waals surface area contributed by atoms with E-state index >= 15 is 0 Å². The van der Waals surface area contributed by atoms with Gasteiger partial charge in [0.2, 0.25) is 0 Å². The third kappa shape index (κ3) is 3.64. The third-order valence-electron chi connectivity index (χ3n) is 4.51. The van der Waals surface area contributed by atoms with Crippen molar-refractivity contribution >= 4 is 23.6 Å². The van der Waals surface area contributed by atoms with Gasteiger partial charge in [0.15, 0.2) is 0 Å². The molecule has 2 N–H and O–H groups in total. The number of carboxylic acid groups (broad SMARTS) is 1. The van der Waals surface area contributed by atoms with E-state index in [2.05, 4.69) is 5.32 Å². The van der Waals surface area contributed by atoms with Crippen LogP contribution in [0.1, 0.15) is 32.2 Å². The molecule has 0 radical (unpaired) electrons. The molecule has 0 aliphatic carbocycles. The summed E-state index contributed by atoms with van der Waals surface area (Å²) >= 11 is 0. The zero-order valence-corrected chi connectivity index (χ0v) is 15.8. The smallest absolute Gasteiger partial charge is 0.339 e. The summed E-state index contributed by atoms with van der Waals surface area (Å²) in [7, 11) is 3.09. The van der Waals surface area contributed by atoms with Gasteiger partial charge in [-0.3, -0.25) is 9.69 Å². The van der Waals surface area contributed by atoms with Gasteiger partial charge in [0.25, 0.3) is 5.91 Å². The molecule has 1 aliphatic heterocycles. The van der Waals surface area contributed by atoms with E-state index in [-0.39, 0.29) is 29.8 Å². The van der Waals surface area contributed by atoms with Gasteiger partial charge in [0.1, 0.15) is 22.8 Å². The number of furan rings is 1. The molecular weight excluding hydrogens is 366 g/mol. The number of amides is 3. The van der Waals surface area contributed by atoms with Crippen molar-refractivity contribution < 1.29 is 28.6 Å². The quantitative estimate of drug-likeness (QED) is 0.785. The van der Waals surface area contributed by atoms with Gasteiger partial charge in [-0.15, -0.1) is 0 Å². The van der Waals surface area contributed by atoms with E-state index < -0.39 is 5.97 Å². The van der Waals surface area contributed by atoms with Crippen LogP contribution in [0.5, 0.6) is 5.75 Å². The second kappa shape index (κ2) is 7.63. The molecule has 1 fully saturated rings. The fourth-order valence-corrected chi connectivity index (χ4v) is 3.10. The molecule has 1 aromatic heterocycles. The van der Waals surface area contributed by atoms with Crippen molar-refractivity contribution in [2.45, 2.75) is 13.5 Å². The van der Waals surface area contributed by atoms with E-state index in [0.717, 1.165) is 0 Å². The van der Waals surface area contributed by atoms with Crippen LogP contribution in [0, 0.1) is 6.92 Å². The van der Waals surface area contributed by atoms with Gasteiger partial charge in [-0.25, -0.2) is 9.59 Å². The number of carbonyl (C=O) groups excluding carboxylic acids is 2. The maximum absolute atomic E-state index is 12.8. The minimum Gasteiger partial charge on any atom is -0.495 e. The van der Waals surface area contributed by atoms with Crippen LogP contribution >= 0.6 is 0 Å². The molecule has 2 heterocycles. The number of carbonyl (C=O) groups is 3. The monoisotopic (exact) mass is 387 g/mol. The van der Waals surface area contributed by atoms with Crippen LogP contribution in [0.15, 0.2) is 28.7 Å². The first kappa shape index (κ1) is 19.3. The van der Waals surface area contributed by atoms with E-state index in [0.29, 0.717) is 35.9 Å². The number of urea groups is 1. The predicted molar refractivity (Wildman–Crippen MR) is 99.9 cm³/mol. The number of aromatic carboxylic acids is 1. The molecule has 28 heavy (non-hydrogen) atoms. The normalized spacial score (nSPS) is 13.4. The van der Waals surface area contributed by atoms with Crippen molar-refractivity contribution in [1.82, 2.24) is 10.2 Å². The summed E-state index contributed by atoms with van der Waals surface area (Å²) in [4.78, 5) is 38.9. The Kier molecular flexibility index (Phi) is 5.25. The molecule has 0 atom stereocenters. The fourth-order valence-electron chi connectivity index (χ4n) is 3.10. The molecule has 0 bridgehead atoms. The average Bonchev–Trinajstić information content (AvgIpc) is 3.25. The Labute approximate surface area is 161 Å². The molecular formula is C19H21N3O6. The predicted octanol–water partition coefficient (Wildman–Crippen LogP) is 2.10. The molecule has 0 saturated carbocycles. The Hall–Kier alpha value is -3.49. The van der Waals surface area contributed by atoms with Gasteiger partial charge >= 0.3 is 12.0 Å². The second-order valence-corrected chi connectivity index (χ2v) is 6.42. The Bertz CT molecular complexity index is 936. The van der Waals surface area contributed by atoms with Gasteiger partial charge in [0, 0.05) is 25.7 Å². The van der Waals surface area contributed by atoms with Crippen molar-refractivity contribution in [2.75, 3.05) is 32.1 Å². The summed E-state index contributed by atoms with van der Waals surface area (Å²) in [5.41, 5.74) is 0.959. The Balaban J connectivity index is 1.82. The van der Waals surface area contributed by atoms with Crippen molar-refractivity contribution in [3.05, 3.63) is 46.9 Å². The van der Waals surface area contributed by atoms with Crippen LogP contribution in [0.2, 0.25) is 0 Å². The first-order valence-corrected chi connectivity index (χ1v) is 8.63. The number of benzene rings is 1. The van der Waals surface area contributed by atoms with Crippen LogP contribution in [0.3, 0.4) is 0 Å². The number of rotatable bonds is 6. The molecule has 0 unspecified atom stereocenters. The molecule has 9 heteroatoms. The number of ether oxygens (including phenoxy) is 1. The number of nitrogens with one attached hydrogen (secondary N) is 1. The van der Waals surface area contributed by atoms with Crippen molar-refractivity contribution in [3.8, 4) is 5.75 Å². The molecule has 3 amide bonds. The molecule has 3 rings (SSSR count). The molecule has 1 saturated heterocycles. The number of anilines is 1. The van der Waals surface area contributed by atoms with Gasteiger partial charge in [-0.1, -0.05) is 0 Å². The van der Waals surface area contributed by atoms with Crippen LogP contribution in [-0.2, 0) is 6.54 Å². The van der Waals surface area contributed by atoms with E-state index in [1.165, 1.54) is 23.0 Å². The molecule has 9 nitrogen and oxygen atoms in total. The lowest BCUT2D eigenvalue weighted by atomic mass is 10.1. The summed E-state index contributed by atoms with van der Waals surface area (Å²) in [5.74, 6) is -0.225.